The number of fused-ring (bicyclic) bond motifs is 4. The lowest BCUT2D eigenvalue weighted by molar-refractivity contribution is -0.136. The van der Waals surface area contributed by atoms with Crippen LogP contribution >= 0.6 is 0 Å². The Kier molecular flexibility index (Phi) is 12.2. The molecule has 394 valence electrons. The van der Waals surface area contributed by atoms with Crippen LogP contribution in [0.15, 0.2) is 65.7 Å². The molecule has 20 nitrogen and oxygen atoms in total. The molecule has 0 bridgehead atoms. The third-order valence-electron chi connectivity index (χ3n) is 16.6. The molecule has 0 unspecified atom stereocenters. The van der Waals surface area contributed by atoms with Crippen molar-refractivity contribution in [1.29, 1.82) is 0 Å². The van der Waals surface area contributed by atoms with E-state index in [2.05, 4.69) is 61.0 Å². The average molecular weight is 1030 g/mol. The highest BCUT2D eigenvalue weighted by Crippen LogP contribution is 2.41. The van der Waals surface area contributed by atoms with E-state index in [0.717, 1.165) is 81.0 Å². The maximum absolute atomic E-state index is 14.1. The van der Waals surface area contributed by atoms with Gasteiger partial charge in [0.15, 0.2) is 5.82 Å². The summed E-state index contributed by atoms with van der Waals surface area (Å²) >= 11 is 0. The minimum absolute atomic E-state index is 0.0444. The predicted octanol–water partition coefficient (Wildman–Crippen LogP) is 4.59. The molecule has 7 aliphatic rings. The van der Waals surface area contributed by atoms with Crippen LogP contribution < -0.4 is 36.2 Å². The Labute approximate surface area is 439 Å². The molecule has 8 heterocycles. The van der Waals surface area contributed by atoms with E-state index in [0.29, 0.717) is 65.4 Å². The number of hydrogen-bond donors (Lipinski definition) is 4. The largest absolute Gasteiger partial charge is 0.392 e. The first-order chi connectivity index (χ1) is 36.5. The summed E-state index contributed by atoms with van der Waals surface area (Å²) < 4.78 is 3.57. The lowest BCUT2D eigenvalue weighted by Crippen LogP contribution is -2.57. The molecule has 0 radical (unpaired) electrons. The Morgan fingerprint density at radius 2 is 1.63 bits per heavy atom. The summed E-state index contributed by atoms with van der Waals surface area (Å²) in [5.74, 6) is -1.94. The molecule has 5 aliphatic heterocycles. The number of aliphatic hydroxyl groups is 1. The summed E-state index contributed by atoms with van der Waals surface area (Å²) in [5.41, 5.74) is 7.63. The molecule has 76 heavy (non-hydrogen) atoms. The number of nitrogens with zero attached hydrogens (tertiary/aromatic N) is 9. The lowest BCUT2D eigenvalue weighted by atomic mass is 9.90. The summed E-state index contributed by atoms with van der Waals surface area (Å²) in [6.07, 6.45) is 8.67. The molecule has 6 amide bonds. The third-order valence-corrected chi connectivity index (χ3v) is 16.6. The number of carbonyl (C=O) groups excluding carboxylic acids is 6. The van der Waals surface area contributed by atoms with Gasteiger partial charge in [-0.2, -0.15) is 0 Å². The highest BCUT2D eigenvalue weighted by molar-refractivity contribution is 6.23. The minimum atomic E-state index is -1.01. The van der Waals surface area contributed by atoms with Crippen molar-refractivity contribution in [3.05, 3.63) is 105 Å². The molecule has 5 aromatic rings. The molecule has 4 N–H and O–H groups in total. The molecule has 4 fully saturated rings. The lowest BCUT2D eigenvalue weighted by Gasteiger charge is -2.47. The van der Waals surface area contributed by atoms with E-state index in [4.69, 9.17) is 4.98 Å². The zero-order valence-electron chi connectivity index (χ0n) is 43.2. The van der Waals surface area contributed by atoms with Crippen LogP contribution in [0.1, 0.15) is 107 Å². The van der Waals surface area contributed by atoms with Crippen LogP contribution in [0.5, 0.6) is 0 Å². The molecular weight excluding hydrogens is 969 g/mol. The van der Waals surface area contributed by atoms with Crippen molar-refractivity contribution in [3.8, 4) is 11.3 Å². The van der Waals surface area contributed by atoms with E-state index < -0.39 is 36.3 Å². The van der Waals surface area contributed by atoms with Crippen molar-refractivity contribution in [3.63, 3.8) is 0 Å². The van der Waals surface area contributed by atoms with Crippen LogP contribution in [0.4, 0.5) is 34.4 Å². The molecular formula is C56H62N12O8. The maximum Gasteiger partial charge on any atom is 0.293 e. The molecule has 20 heteroatoms. The fourth-order valence-corrected chi connectivity index (χ4v) is 12.5. The number of carbonyl (C=O) groups is 6. The standard InChI is InChI=1S/C56H62N12O8/c1-31-28-64(35-14-17-63(18-15-35)36-8-9-38-39(25-36)53(74)68(52(38)73)44-11-12-47(70)61-51(44)72)19-20-65(31)43-10-7-34(24-41(43)60-50(71)32-5-6-32)58-48-55(76)62(4)29-42(59-48)37-13-16-57-49(40(37)30-69)67-22-21-66-45(54(67)75)23-33-26-56(2,3)27-46(33)66/h7-10,13,16,23-25,29,31-32,35,44,69H,5-6,11-12,14-15,17-22,26-28,30H2,1-4H3,(H,58,59)(H,60,71)(H,61,70,72)/t31-,44-/m0/s1. The Morgan fingerprint density at radius 1 is 0.842 bits per heavy atom. The average Bonchev–Trinajstić information content (AvgIpc) is 4.11. The topological polar surface area (TPSA) is 228 Å². The molecule has 12 rings (SSSR count). The molecule has 2 atom stereocenters. The van der Waals surface area contributed by atoms with Crippen molar-refractivity contribution >= 4 is 69.8 Å². The highest BCUT2D eigenvalue weighted by atomic mass is 16.3. The number of imide groups is 2. The number of aliphatic hydroxyl groups excluding tert-OH is 1. The molecule has 1 saturated carbocycles. The first-order valence-corrected chi connectivity index (χ1v) is 26.6. The molecule has 0 spiro atoms. The molecule has 2 aliphatic carbocycles. The van der Waals surface area contributed by atoms with Crippen LogP contribution in [-0.4, -0.2) is 127 Å². The Hall–Kier alpha value is -7.71. The first-order valence-electron chi connectivity index (χ1n) is 26.6. The fourth-order valence-electron chi connectivity index (χ4n) is 12.5. The number of rotatable bonds is 11. The number of nitrogens with one attached hydrogen (secondary N) is 3. The Bertz CT molecular complexity index is 3350. The van der Waals surface area contributed by atoms with Crippen molar-refractivity contribution in [1.82, 2.24) is 34.2 Å². The van der Waals surface area contributed by atoms with Gasteiger partial charge in [-0.1, -0.05) is 13.8 Å². The number of amides is 6. The van der Waals surface area contributed by atoms with Gasteiger partial charge < -0.3 is 34.7 Å². The van der Waals surface area contributed by atoms with Gasteiger partial charge in [0.05, 0.1) is 34.8 Å². The van der Waals surface area contributed by atoms with Crippen molar-refractivity contribution in [2.75, 3.05) is 64.6 Å². The quantitative estimate of drug-likeness (QED) is 0.133. The highest BCUT2D eigenvalue weighted by Gasteiger charge is 2.45. The number of aromatic nitrogens is 4. The third kappa shape index (κ3) is 8.69. The summed E-state index contributed by atoms with van der Waals surface area (Å²) in [6.45, 7) is 11.1. The van der Waals surface area contributed by atoms with Crippen LogP contribution in [0.2, 0.25) is 0 Å². The van der Waals surface area contributed by atoms with Crippen LogP contribution in [0.25, 0.3) is 11.3 Å². The Morgan fingerprint density at radius 3 is 2.38 bits per heavy atom. The number of pyridine rings is 1. The monoisotopic (exact) mass is 1030 g/mol. The number of piperidine rings is 2. The van der Waals surface area contributed by atoms with Crippen molar-refractivity contribution in [2.24, 2.45) is 18.4 Å². The number of anilines is 6. The fraction of sp³-hybridized carbons (Fsp3) is 0.446. The van der Waals surface area contributed by atoms with E-state index >= 15 is 0 Å². The summed E-state index contributed by atoms with van der Waals surface area (Å²) in [5, 5.41) is 19.6. The summed E-state index contributed by atoms with van der Waals surface area (Å²) in [7, 11) is 1.64. The predicted molar refractivity (Wildman–Crippen MR) is 284 cm³/mol. The SMILES string of the molecule is C[C@H]1CN(C2CCN(c3ccc4c(c3)C(=O)N([C@H]3CCC(=O)NC3=O)C4=O)CC2)CCN1c1ccc(Nc2nc(-c3ccnc(N4CCn5c(cc6c5CC(C)(C)C6)C4=O)c3CO)cn(C)c2=O)cc1NC(=O)C1CC1. The van der Waals surface area contributed by atoms with Crippen LogP contribution in [-0.2, 0) is 47.4 Å². The van der Waals surface area contributed by atoms with Gasteiger partial charge in [-0.15, -0.1) is 0 Å². The zero-order valence-corrected chi connectivity index (χ0v) is 43.2. The van der Waals surface area contributed by atoms with Crippen LogP contribution in [0, 0.1) is 11.3 Å². The van der Waals surface area contributed by atoms with Gasteiger partial charge in [0, 0.05) is 118 Å². The van der Waals surface area contributed by atoms with E-state index in [1.54, 1.807) is 42.5 Å². The van der Waals surface area contributed by atoms with Gasteiger partial charge in [0.1, 0.15) is 17.6 Å². The number of aryl methyl sites for hydroxylation is 1. The van der Waals surface area contributed by atoms with Gasteiger partial charge in [-0.25, -0.2) is 9.97 Å². The van der Waals surface area contributed by atoms with Crippen LogP contribution in [0.3, 0.4) is 0 Å². The zero-order chi connectivity index (χ0) is 52.9. The second-order valence-electron chi connectivity index (χ2n) is 22.4. The number of benzene rings is 2. The second-order valence-corrected chi connectivity index (χ2v) is 22.4. The summed E-state index contributed by atoms with van der Waals surface area (Å²) in [6, 6.07) is 14.1. The first kappa shape index (κ1) is 49.2. The summed E-state index contributed by atoms with van der Waals surface area (Å²) in [4.78, 5) is 112. The molecule has 3 saturated heterocycles. The van der Waals surface area contributed by atoms with Gasteiger partial charge in [-0.3, -0.25) is 53.6 Å². The molecule has 2 aromatic carbocycles. The van der Waals surface area contributed by atoms with Gasteiger partial charge in [-0.05, 0) is 111 Å². The van der Waals surface area contributed by atoms with E-state index in [-0.39, 0.29) is 64.5 Å². The Balaban J connectivity index is 0.730. The second kappa shape index (κ2) is 18.8. The van der Waals surface area contributed by atoms with Crippen molar-refractivity contribution < 1.29 is 33.9 Å². The van der Waals surface area contributed by atoms with Crippen molar-refractivity contribution in [2.45, 2.75) is 103 Å². The van der Waals surface area contributed by atoms with Gasteiger partial charge in [0.2, 0.25) is 17.7 Å². The van der Waals surface area contributed by atoms with E-state index in [1.165, 1.54) is 15.8 Å². The number of piperazine rings is 1. The molecule has 3 aromatic heterocycles. The van der Waals surface area contributed by atoms with E-state index in [9.17, 15) is 38.7 Å². The minimum Gasteiger partial charge on any atom is -0.392 e. The van der Waals surface area contributed by atoms with E-state index in [1.807, 2.05) is 30.3 Å². The smallest absolute Gasteiger partial charge is 0.293 e. The normalized spacial score (nSPS) is 21.7. The maximum atomic E-state index is 14.1. The van der Waals surface area contributed by atoms with Gasteiger partial charge >= 0.3 is 0 Å². The number of hydrogen-bond acceptors (Lipinski definition) is 14. The van der Waals surface area contributed by atoms with Gasteiger partial charge in [0.25, 0.3) is 23.3 Å².